The Balaban J connectivity index is 0.00000150. The maximum absolute atomic E-state index is 12.7. The van der Waals surface area contributed by atoms with Gasteiger partial charge in [-0.25, -0.2) is 0 Å². The molecule has 0 bridgehead atoms. The van der Waals surface area contributed by atoms with Crippen LogP contribution in [0.2, 0.25) is 0 Å². The van der Waals surface area contributed by atoms with Crippen LogP contribution in [0.1, 0.15) is 41.6 Å². The Morgan fingerprint density at radius 1 is 1.21 bits per heavy atom. The largest absolute Gasteiger partial charge is 0.327 e. The van der Waals surface area contributed by atoms with E-state index in [1.807, 2.05) is 18.2 Å². The van der Waals surface area contributed by atoms with Crippen LogP contribution in [-0.2, 0) is 11.2 Å². The van der Waals surface area contributed by atoms with Crippen LogP contribution in [0, 0.1) is 5.92 Å². The number of hydrogen-bond acceptors (Lipinski definition) is 4. The van der Waals surface area contributed by atoms with Gasteiger partial charge in [-0.05, 0) is 61.1 Å². The minimum Gasteiger partial charge on any atom is -0.327 e. The van der Waals surface area contributed by atoms with E-state index in [9.17, 15) is 9.59 Å². The average Bonchev–Trinajstić information content (AvgIpc) is 3.28. The predicted molar refractivity (Wildman–Crippen MR) is 119 cm³/mol. The van der Waals surface area contributed by atoms with E-state index in [0.717, 1.165) is 42.6 Å². The first-order chi connectivity index (χ1) is 13.1. The molecule has 0 spiro atoms. The maximum Gasteiger partial charge on any atom is 0.259 e. The first-order valence-electron chi connectivity index (χ1n) is 9.52. The molecule has 2 heterocycles. The quantitative estimate of drug-likeness (QED) is 0.766. The second-order valence-corrected chi connectivity index (χ2v) is 7.40. The highest BCUT2D eigenvalue weighted by Crippen LogP contribution is 2.32. The number of nitrogens with one attached hydrogen (secondary N) is 1. The third-order valence-electron chi connectivity index (χ3n) is 5.58. The number of fused-ring (bicyclic) bond motifs is 1. The molecule has 1 aromatic heterocycles. The maximum atomic E-state index is 12.7. The van der Waals surface area contributed by atoms with Gasteiger partial charge >= 0.3 is 0 Å². The molecule has 6 nitrogen and oxygen atoms in total. The van der Waals surface area contributed by atoms with E-state index in [2.05, 4.69) is 10.3 Å². The van der Waals surface area contributed by atoms with E-state index in [1.165, 1.54) is 0 Å². The van der Waals surface area contributed by atoms with Gasteiger partial charge in [-0.1, -0.05) is 6.42 Å². The summed E-state index contributed by atoms with van der Waals surface area (Å²) in [6.07, 6.45) is 7.65. The van der Waals surface area contributed by atoms with Crippen molar-refractivity contribution in [2.45, 2.75) is 38.1 Å². The zero-order valence-electron chi connectivity index (χ0n) is 16.0. The fourth-order valence-electron chi connectivity index (χ4n) is 4.10. The molecule has 2 amide bonds. The fourth-order valence-corrected chi connectivity index (χ4v) is 4.10. The summed E-state index contributed by atoms with van der Waals surface area (Å²) < 4.78 is 0. The van der Waals surface area contributed by atoms with Crippen molar-refractivity contribution in [3.05, 3.63) is 53.9 Å². The molecular weight excluding hydrogens is 411 g/mol. The summed E-state index contributed by atoms with van der Waals surface area (Å²) in [6.45, 7) is 0.636. The van der Waals surface area contributed by atoms with Gasteiger partial charge in [-0.2, -0.15) is 0 Å². The minimum atomic E-state index is -0.0474. The number of benzene rings is 1. The van der Waals surface area contributed by atoms with Gasteiger partial charge in [-0.3, -0.25) is 14.6 Å². The van der Waals surface area contributed by atoms with Crippen molar-refractivity contribution in [3.8, 4) is 0 Å². The minimum absolute atomic E-state index is 0. The molecule has 2 aromatic rings. The van der Waals surface area contributed by atoms with Crippen LogP contribution < -0.4 is 16.0 Å². The number of carbonyl (C=O) groups excluding carboxylic acids is 2. The zero-order valence-corrected chi connectivity index (χ0v) is 17.7. The smallest absolute Gasteiger partial charge is 0.259 e. The van der Waals surface area contributed by atoms with Crippen LogP contribution >= 0.6 is 24.8 Å². The fraction of sp³-hybridized carbons (Fsp3) is 0.381. The first-order valence-corrected chi connectivity index (χ1v) is 9.52. The normalized spacial score (nSPS) is 19.7. The van der Waals surface area contributed by atoms with Crippen LogP contribution in [0.4, 0.5) is 11.4 Å². The zero-order chi connectivity index (χ0) is 18.8. The highest BCUT2D eigenvalue weighted by molar-refractivity contribution is 6.07. The number of halogens is 2. The number of nitrogens with zero attached hydrogens (tertiary/aromatic N) is 2. The van der Waals surface area contributed by atoms with Gasteiger partial charge in [-0.15, -0.1) is 24.8 Å². The molecule has 29 heavy (non-hydrogen) atoms. The highest BCUT2D eigenvalue weighted by atomic mass is 35.5. The van der Waals surface area contributed by atoms with Gasteiger partial charge in [0.25, 0.3) is 5.91 Å². The van der Waals surface area contributed by atoms with E-state index in [4.69, 9.17) is 5.73 Å². The molecule has 156 valence electrons. The molecule has 0 unspecified atom stereocenters. The van der Waals surface area contributed by atoms with Crippen LogP contribution in [0.25, 0.3) is 0 Å². The molecule has 8 heteroatoms. The molecule has 1 aliphatic carbocycles. The van der Waals surface area contributed by atoms with E-state index in [-0.39, 0.29) is 48.6 Å². The monoisotopic (exact) mass is 436 g/mol. The van der Waals surface area contributed by atoms with Crippen molar-refractivity contribution in [1.29, 1.82) is 0 Å². The van der Waals surface area contributed by atoms with Crippen LogP contribution in [0.15, 0.2) is 42.7 Å². The average molecular weight is 437 g/mol. The summed E-state index contributed by atoms with van der Waals surface area (Å²) in [7, 11) is 0. The van der Waals surface area contributed by atoms with Crippen molar-refractivity contribution in [1.82, 2.24) is 4.98 Å². The Hall–Kier alpha value is -2.15. The molecule has 1 saturated carbocycles. The predicted octanol–water partition coefficient (Wildman–Crippen LogP) is 3.58. The molecule has 2 atom stereocenters. The molecule has 3 N–H and O–H groups in total. The van der Waals surface area contributed by atoms with E-state index < -0.39 is 0 Å². The summed E-state index contributed by atoms with van der Waals surface area (Å²) in [5, 5.41) is 2.99. The topological polar surface area (TPSA) is 88.3 Å². The Kier molecular flexibility index (Phi) is 8.02. The van der Waals surface area contributed by atoms with Gasteiger partial charge in [0.15, 0.2) is 0 Å². The lowest BCUT2D eigenvalue weighted by Crippen LogP contribution is -2.29. The van der Waals surface area contributed by atoms with Gasteiger partial charge in [0.2, 0.25) is 5.91 Å². The number of carbonyl (C=O) groups is 2. The number of rotatable bonds is 4. The van der Waals surface area contributed by atoms with Crippen molar-refractivity contribution in [2.75, 3.05) is 16.8 Å². The Bertz CT molecular complexity index is 863. The molecule has 1 aliphatic heterocycles. The van der Waals surface area contributed by atoms with Gasteiger partial charge in [0.05, 0.1) is 5.56 Å². The summed E-state index contributed by atoms with van der Waals surface area (Å²) in [4.78, 5) is 30.8. The summed E-state index contributed by atoms with van der Waals surface area (Å²) in [5.41, 5.74) is 9.40. The van der Waals surface area contributed by atoms with Gasteiger partial charge in [0.1, 0.15) is 0 Å². The molecular formula is C21H26Cl2N4O2. The van der Waals surface area contributed by atoms with Crippen LogP contribution in [0.3, 0.4) is 0 Å². The number of aromatic nitrogens is 1. The lowest BCUT2D eigenvalue weighted by atomic mass is 10.00. The Labute approximate surface area is 183 Å². The molecule has 1 fully saturated rings. The van der Waals surface area contributed by atoms with Gasteiger partial charge in [0, 0.05) is 42.8 Å². The summed E-state index contributed by atoms with van der Waals surface area (Å²) in [6, 6.07) is 9.42. The van der Waals surface area contributed by atoms with E-state index in [1.54, 1.807) is 29.4 Å². The molecule has 0 radical (unpaired) electrons. The first kappa shape index (κ1) is 23.1. The standard InChI is InChI=1S/C21H24N4O2.2ClH/c22-18-5-1-3-14(18)12-20(26)24-17-6-7-19-15(11-17)8-10-25(19)21(27)16-4-2-9-23-13-16;;/h2,4,6-7,9,11,13-14,18H,1,3,5,8,10,12,22H2,(H,24,26);2*1H/t14-,18+;;/m0../s1. The molecule has 4 rings (SSSR count). The Morgan fingerprint density at radius 2 is 2.03 bits per heavy atom. The Morgan fingerprint density at radius 3 is 2.72 bits per heavy atom. The van der Waals surface area contributed by atoms with Crippen molar-refractivity contribution >= 4 is 48.0 Å². The summed E-state index contributed by atoms with van der Waals surface area (Å²) >= 11 is 0. The third kappa shape index (κ3) is 5.07. The lowest BCUT2D eigenvalue weighted by Gasteiger charge is -2.18. The number of anilines is 2. The second-order valence-electron chi connectivity index (χ2n) is 7.40. The second kappa shape index (κ2) is 10.1. The van der Waals surface area contributed by atoms with E-state index in [0.29, 0.717) is 18.5 Å². The summed E-state index contributed by atoms with van der Waals surface area (Å²) in [5.74, 6) is 0.250. The highest BCUT2D eigenvalue weighted by Gasteiger charge is 2.27. The SMILES string of the molecule is Cl.Cl.N[C@@H]1CCC[C@H]1CC(=O)Nc1ccc2c(c1)CCN2C(=O)c1cccnc1. The number of hydrogen-bond donors (Lipinski definition) is 2. The molecule has 2 aliphatic rings. The van der Waals surface area contributed by atoms with Crippen LogP contribution in [0.5, 0.6) is 0 Å². The third-order valence-corrected chi connectivity index (χ3v) is 5.58. The molecule has 1 aromatic carbocycles. The number of nitrogens with two attached hydrogens (primary N) is 1. The van der Waals surface area contributed by atoms with Gasteiger partial charge < -0.3 is 16.0 Å². The lowest BCUT2D eigenvalue weighted by molar-refractivity contribution is -0.117. The number of amides is 2. The molecule has 0 saturated heterocycles. The van der Waals surface area contributed by atoms with Crippen LogP contribution in [-0.4, -0.2) is 29.4 Å². The van der Waals surface area contributed by atoms with E-state index >= 15 is 0 Å². The van der Waals surface area contributed by atoms with Crippen molar-refractivity contribution < 1.29 is 9.59 Å². The van der Waals surface area contributed by atoms with Crippen molar-refractivity contribution in [3.63, 3.8) is 0 Å². The van der Waals surface area contributed by atoms with Crippen molar-refractivity contribution in [2.24, 2.45) is 11.7 Å². The number of pyridine rings is 1.